The standard InChI is InChI=1S/C30H39ClN4O5/c1-8-16-35(28(38)23(14-15-24(32)36)33-29(39)40-30(5,6)7)26(21-13-12-18(2)17-20(21)4)27(37)34-25-19(3)10-9-11-22(25)31/h8-13,17,23,26H,1,14-16H2,2-7H3,(H2,32,36)(H,33,39)(H,34,37). The van der Waals surface area contributed by atoms with Crippen molar-refractivity contribution in [3.8, 4) is 0 Å². The fourth-order valence-corrected chi connectivity index (χ4v) is 4.49. The number of anilines is 1. The molecule has 0 aromatic heterocycles. The van der Waals surface area contributed by atoms with Crippen molar-refractivity contribution in [2.24, 2.45) is 5.73 Å². The van der Waals surface area contributed by atoms with E-state index in [0.29, 0.717) is 16.3 Å². The molecule has 2 rings (SSSR count). The maximum Gasteiger partial charge on any atom is 0.408 e. The Morgan fingerprint density at radius 3 is 2.33 bits per heavy atom. The molecular weight excluding hydrogens is 532 g/mol. The Morgan fingerprint density at radius 1 is 1.10 bits per heavy atom. The molecule has 0 bridgehead atoms. The number of aryl methyl sites for hydroxylation is 3. The molecule has 0 spiro atoms. The highest BCUT2D eigenvalue weighted by Gasteiger charge is 2.37. The third-order valence-corrected chi connectivity index (χ3v) is 6.34. The lowest BCUT2D eigenvalue weighted by Gasteiger charge is -2.34. The van der Waals surface area contributed by atoms with Gasteiger partial charge < -0.3 is 26.0 Å². The molecule has 0 aliphatic carbocycles. The molecule has 2 aromatic carbocycles. The van der Waals surface area contributed by atoms with Crippen molar-refractivity contribution in [2.45, 2.75) is 72.1 Å². The van der Waals surface area contributed by atoms with E-state index in [9.17, 15) is 19.2 Å². The number of ether oxygens (including phenoxy) is 1. The van der Waals surface area contributed by atoms with E-state index in [0.717, 1.165) is 16.7 Å². The molecule has 216 valence electrons. The first-order valence-electron chi connectivity index (χ1n) is 13.0. The van der Waals surface area contributed by atoms with Gasteiger partial charge in [-0.15, -0.1) is 6.58 Å². The SMILES string of the molecule is C=CCN(C(=O)C(CCC(N)=O)NC(=O)OC(C)(C)C)C(C(=O)Nc1c(C)cccc1Cl)c1ccc(C)cc1C. The summed E-state index contributed by atoms with van der Waals surface area (Å²) < 4.78 is 5.34. The van der Waals surface area contributed by atoms with Crippen LogP contribution in [0.4, 0.5) is 10.5 Å². The molecule has 9 nitrogen and oxygen atoms in total. The number of hydrogen-bond acceptors (Lipinski definition) is 5. The van der Waals surface area contributed by atoms with Crippen molar-refractivity contribution in [1.82, 2.24) is 10.2 Å². The minimum atomic E-state index is -1.20. The molecule has 0 heterocycles. The van der Waals surface area contributed by atoms with Gasteiger partial charge in [-0.3, -0.25) is 14.4 Å². The molecule has 2 aromatic rings. The van der Waals surface area contributed by atoms with Crippen LogP contribution in [0, 0.1) is 20.8 Å². The molecule has 0 saturated heterocycles. The monoisotopic (exact) mass is 570 g/mol. The van der Waals surface area contributed by atoms with E-state index in [1.54, 1.807) is 39.0 Å². The lowest BCUT2D eigenvalue weighted by atomic mass is 9.96. The number of halogens is 1. The Balaban J connectivity index is 2.60. The van der Waals surface area contributed by atoms with Gasteiger partial charge in [-0.25, -0.2) is 4.79 Å². The number of nitrogens with one attached hydrogen (secondary N) is 2. The van der Waals surface area contributed by atoms with Crippen LogP contribution in [0.1, 0.15) is 61.9 Å². The summed E-state index contributed by atoms with van der Waals surface area (Å²) in [5.74, 6) is -1.76. The van der Waals surface area contributed by atoms with Crippen LogP contribution < -0.4 is 16.4 Å². The van der Waals surface area contributed by atoms with Crippen LogP contribution in [0.3, 0.4) is 0 Å². The van der Waals surface area contributed by atoms with E-state index in [-0.39, 0.29) is 19.4 Å². The van der Waals surface area contributed by atoms with Gasteiger partial charge in [-0.1, -0.05) is 53.6 Å². The molecule has 0 saturated carbocycles. The number of amides is 4. The Morgan fingerprint density at radius 2 is 1.77 bits per heavy atom. The molecule has 0 aliphatic heterocycles. The fourth-order valence-electron chi connectivity index (χ4n) is 4.22. The highest BCUT2D eigenvalue weighted by molar-refractivity contribution is 6.34. The second kappa shape index (κ2) is 14.0. The van der Waals surface area contributed by atoms with Crippen molar-refractivity contribution < 1.29 is 23.9 Å². The summed E-state index contributed by atoms with van der Waals surface area (Å²) in [6.45, 7) is 14.4. The summed E-state index contributed by atoms with van der Waals surface area (Å²) in [5.41, 5.74) is 8.04. The average molecular weight is 571 g/mol. The second-order valence-electron chi connectivity index (χ2n) is 10.7. The minimum absolute atomic E-state index is 0.0329. The van der Waals surface area contributed by atoms with Gasteiger partial charge in [0, 0.05) is 13.0 Å². The maximum absolute atomic E-state index is 14.1. The van der Waals surface area contributed by atoms with Gasteiger partial charge in [-0.2, -0.15) is 0 Å². The summed E-state index contributed by atoms with van der Waals surface area (Å²) in [6.07, 6.45) is 0.383. The van der Waals surface area contributed by atoms with Crippen LogP contribution in [0.2, 0.25) is 5.02 Å². The molecule has 10 heteroatoms. The molecule has 2 atom stereocenters. The predicted molar refractivity (Wildman–Crippen MR) is 157 cm³/mol. The Hall–Kier alpha value is -3.85. The third-order valence-electron chi connectivity index (χ3n) is 6.03. The van der Waals surface area contributed by atoms with Crippen molar-refractivity contribution in [3.63, 3.8) is 0 Å². The van der Waals surface area contributed by atoms with Crippen molar-refractivity contribution >= 4 is 41.1 Å². The molecule has 0 fully saturated rings. The van der Waals surface area contributed by atoms with Crippen LogP contribution in [-0.4, -0.2) is 46.9 Å². The van der Waals surface area contributed by atoms with Gasteiger partial charge in [0.15, 0.2) is 0 Å². The first-order chi connectivity index (χ1) is 18.6. The molecule has 0 radical (unpaired) electrons. The average Bonchev–Trinajstić information content (AvgIpc) is 2.83. The molecule has 2 unspecified atom stereocenters. The van der Waals surface area contributed by atoms with Crippen LogP contribution in [0.5, 0.6) is 0 Å². The van der Waals surface area contributed by atoms with Gasteiger partial charge in [-0.05, 0) is 70.7 Å². The van der Waals surface area contributed by atoms with E-state index < -0.39 is 41.5 Å². The first kappa shape index (κ1) is 32.4. The third kappa shape index (κ3) is 9.12. The number of alkyl carbamates (subject to hydrolysis) is 1. The second-order valence-corrected chi connectivity index (χ2v) is 11.1. The highest BCUT2D eigenvalue weighted by atomic mass is 35.5. The van der Waals surface area contributed by atoms with Crippen molar-refractivity contribution in [1.29, 1.82) is 0 Å². The number of nitrogens with two attached hydrogens (primary N) is 1. The van der Waals surface area contributed by atoms with Crippen LogP contribution in [0.25, 0.3) is 0 Å². The number of carbonyl (C=O) groups excluding carboxylic acids is 4. The zero-order valence-corrected chi connectivity index (χ0v) is 24.7. The van der Waals surface area contributed by atoms with E-state index >= 15 is 0 Å². The zero-order chi connectivity index (χ0) is 30.2. The van der Waals surface area contributed by atoms with Crippen LogP contribution in [-0.2, 0) is 19.1 Å². The predicted octanol–water partition coefficient (Wildman–Crippen LogP) is 5.12. The van der Waals surface area contributed by atoms with Crippen LogP contribution in [0.15, 0.2) is 49.1 Å². The summed E-state index contributed by atoms with van der Waals surface area (Å²) in [4.78, 5) is 53.6. The van der Waals surface area contributed by atoms with Gasteiger partial charge in [0.1, 0.15) is 17.7 Å². The summed E-state index contributed by atoms with van der Waals surface area (Å²) in [5, 5.41) is 5.79. The Bertz CT molecular complexity index is 1250. The normalized spacial score (nSPS) is 12.6. The molecule has 4 N–H and O–H groups in total. The lowest BCUT2D eigenvalue weighted by Crippen LogP contribution is -2.52. The van der Waals surface area contributed by atoms with Gasteiger partial charge in [0.05, 0.1) is 10.7 Å². The van der Waals surface area contributed by atoms with E-state index in [1.165, 1.54) is 11.0 Å². The first-order valence-corrected chi connectivity index (χ1v) is 13.3. The van der Waals surface area contributed by atoms with Crippen molar-refractivity contribution in [2.75, 3.05) is 11.9 Å². The summed E-state index contributed by atoms with van der Waals surface area (Å²) in [7, 11) is 0. The molecule has 0 aliphatic rings. The smallest absolute Gasteiger partial charge is 0.408 e. The minimum Gasteiger partial charge on any atom is -0.444 e. The van der Waals surface area contributed by atoms with Crippen LogP contribution >= 0.6 is 11.6 Å². The number of primary amides is 1. The number of hydrogen-bond donors (Lipinski definition) is 3. The lowest BCUT2D eigenvalue weighted by molar-refractivity contribution is -0.140. The number of benzene rings is 2. The number of nitrogens with zero attached hydrogens (tertiary/aromatic N) is 1. The van der Waals surface area contributed by atoms with Gasteiger partial charge in [0.25, 0.3) is 5.91 Å². The number of rotatable bonds is 11. The Labute approximate surface area is 241 Å². The largest absolute Gasteiger partial charge is 0.444 e. The maximum atomic E-state index is 14.1. The van der Waals surface area contributed by atoms with E-state index in [2.05, 4.69) is 17.2 Å². The Kier molecular flexibility index (Phi) is 11.3. The molecule has 40 heavy (non-hydrogen) atoms. The quantitative estimate of drug-likeness (QED) is 0.323. The van der Waals surface area contributed by atoms with Crippen molar-refractivity contribution in [3.05, 3.63) is 76.3 Å². The fraction of sp³-hybridized carbons (Fsp3) is 0.400. The van der Waals surface area contributed by atoms with Gasteiger partial charge >= 0.3 is 6.09 Å². The molecular formula is C30H39ClN4O5. The van der Waals surface area contributed by atoms with E-state index in [1.807, 2.05) is 39.0 Å². The highest BCUT2D eigenvalue weighted by Crippen LogP contribution is 2.31. The zero-order valence-electron chi connectivity index (χ0n) is 24.0. The van der Waals surface area contributed by atoms with Gasteiger partial charge in [0.2, 0.25) is 11.8 Å². The summed E-state index contributed by atoms with van der Waals surface area (Å²) in [6, 6.07) is 8.47. The topological polar surface area (TPSA) is 131 Å². The number of para-hydroxylation sites is 1. The molecule has 4 amide bonds. The van der Waals surface area contributed by atoms with E-state index in [4.69, 9.17) is 22.1 Å². The summed E-state index contributed by atoms with van der Waals surface area (Å²) >= 11 is 6.39. The number of carbonyl (C=O) groups is 4.